The van der Waals surface area contributed by atoms with Gasteiger partial charge in [0.1, 0.15) is 5.75 Å². The molecule has 0 saturated carbocycles. The minimum atomic E-state index is -3.77. The molecule has 3 aromatic rings. The second kappa shape index (κ2) is 9.94. The molecule has 3 rings (SSSR count). The SMILES string of the molecule is CCN(CC)S(=O)(=O)c1ccc(O)c(NC(=O)c2ccccc2NC(=O)c2cccs2)c1. The molecule has 0 radical (unpaired) electrons. The van der Waals surface area contributed by atoms with E-state index in [1.165, 1.54) is 39.9 Å². The summed E-state index contributed by atoms with van der Waals surface area (Å²) in [6.07, 6.45) is 0. The van der Waals surface area contributed by atoms with Crippen LogP contribution in [0.3, 0.4) is 0 Å². The maximum atomic E-state index is 12.9. The van der Waals surface area contributed by atoms with E-state index in [2.05, 4.69) is 10.6 Å². The molecule has 0 aliphatic heterocycles. The molecular formula is C22H23N3O5S2. The number of benzene rings is 2. The van der Waals surface area contributed by atoms with E-state index in [0.717, 1.165) is 0 Å². The first-order chi connectivity index (χ1) is 15.3. The highest BCUT2D eigenvalue weighted by atomic mass is 32.2. The summed E-state index contributed by atoms with van der Waals surface area (Å²) in [6.45, 7) is 4.04. The Morgan fingerprint density at radius 1 is 0.938 bits per heavy atom. The predicted molar refractivity (Wildman–Crippen MR) is 125 cm³/mol. The summed E-state index contributed by atoms with van der Waals surface area (Å²) in [5, 5.41) is 17.2. The number of nitrogens with one attached hydrogen (secondary N) is 2. The van der Waals surface area contributed by atoms with Crippen LogP contribution in [0.4, 0.5) is 11.4 Å². The van der Waals surface area contributed by atoms with E-state index >= 15 is 0 Å². The molecule has 8 nitrogen and oxygen atoms in total. The van der Waals surface area contributed by atoms with Crippen molar-refractivity contribution in [2.24, 2.45) is 0 Å². The molecule has 1 heterocycles. The predicted octanol–water partition coefficient (Wildman–Crippen LogP) is 3.99. The van der Waals surface area contributed by atoms with Gasteiger partial charge in [0.05, 0.1) is 26.7 Å². The van der Waals surface area contributed by atoms with Crippen LogP contribution in [0, 0.1) is 0 Å². The first kappa shape index (κ1) is 23.5. The minimum absolute atomic E-state index is 0.0476. The molecule has 32 heavy (non-hydrogen) atoms. The molecule has 0 spiro atoms. The maximum absolute atomic E-state index is 12.9. The number of carbonyl (C=O) groups is 2. The van der Waals surface area contributed by atoms with E-state index < -0.39 is 15.9 Å². The van der Waals surface area contributed by atoms with Crippen molar-refractivity contribution in [3.8, 4) is 5.75 Å². The van der Waals surface area contributed by atoms with Crippen LogP contribution in [0.2, 0.25) is 0 Å². The Kier molecular flexibility index (Phi) is 7.29. The number of anilines is 2. The molecule has 0 atom stereocenters. The van der Waals surface area contributed by atoms with Crippen LogP contribution in [-0.2, 0) is 10.0 Å². The number of phenolic OH excluding ortho intramolecular Hbond substituents is 1. The molecule has 0 aliphatic rings. The lowest BCUT2D eigenvalue weighted by atomic mass is 10.1. The van der Waals surface area contributed by atoms with Crippen LogP contribution < -0.4 is 10.6 Å². The van der Waals surface area contributed by atoms with Gasteiger partial charge in [-0.05, 0) is 41.8 Å². The summed E-state index contributed by atoms with van der Waals surface area (Å²) < 4.78 is 26.9. The number of para-hydroxylation sites is 1. The highest BCUT2D eigenvalue weighted by molar-refractivity contribution is 7.89. The van der Waals surface area contributed by atoms with Crippen molar-refractivity contribution >= 4 is 44.5 Å². The second-order valence-electron chi connectivity index (χ2n) is 6.70. The van der Waals surface area contributed by atoms with E-state index in [4.69, 9.17) is 0 Å². The second-order valence-corrected chi connectivity index (χ2v) is 9.59. The summed E-state index contributed by atoms with van der Waals surface area (Å²) >= 11 is 1.27. The van der Waals surface area contributed by atoms with Crippen molar-refractivity contribution in [1.29, 1.82) is 0 Å². The van der Waals surface area contributed by atoms with Gasteiger partial charge in [0.2, 0.25) is 10.0 Å². The highest BCUT2D eigenvalue weighted by Crippen LogP contribution is 2.29. The first-order valence-corrected chi connectivity index (χ1v) is 12.2. The number of phenols is 1. The zero-order chi connectivity index (χ0) is 23.3. The van der Waals surface area contributed by atoms with Crippen LogP contribution in [0.1, 0.15) is 33.9 Å². The third-order valence-electron chi connectivity index (χ3n) is 4.72. The monoisotopic (exact) mass is 473 g/mol. The van der Waals surface area contributed by atoms with Crippen molar-refractivity contribution in [3.05, 3.63) is 70.4 Å². The summed E-state index contributed by atoms with van der Waals surface area (Å²) in [5.74, 6) is -1.24. The van der Waals surface area contributed by atoms with E-state index in [9.17, 15) is 23.1 Å². The zero-order valence-corrected chi connectivity index (χ0v) is 19.2. The number of thiophene rings is 1. The van der Waals surface area contributed by atoms with Gasteiger partial charge < -0.3 is 15.7 Å². The Bertz CT molecular complexity index is 1220. The van der Waals surface area contributed by atoms with E-state index in [1.54, 1.807) is 49.6 Å². The number of carbonyl (C=O) groups excluding carboxylic acids is 2. The average molecular weight is 474 g/mol. The van der Waals surface area contributed by atoms with Gasteiger partial charge in [-0.25, -0.2) is 8.42 Å². The molecule has 3 N–H and O–H groups in total. The van der Waals surface area contributed by atoms with Crippen molar-refractivity contribution in [2.75, 3.05) is 23.7 Å². The molecular weight excluding hydrogens is 450 g/mol. The standard InChI is InChI=1S/C22H23N3O5S2/c1-3-25(4-2)32(29,30)15-11-12-19(26)18(14-15)24-21(27)16-8-5-6-9-17(16)23-22(28)20-10-7-13-31-20/h5-14,26H,3-4H2,1-2H3,(H,23,28)(H,24,27). The molecule has 0 saturated heterocycles. The van der Waals surface area contributed by atoms with Gasteiger partial charge in [-0.2, -0.15) is 4.31 Å². The molecule has 0 bridgehead atoms. The lowest BCUT2D eigenvalue weighted by molar-refractivity contribution is 0.102. The number of hydrogen-bond donors (Lipinski definition) is 3. The highest BCUT2D eigenvalue weighted by Gasteiger charge is 2.23. The molecule has 0 fully saturated rings. The van der Waals surface area contributed by atoms with Gasteiger partial charge in [-0.3, -0.25) is 9.59 Å². The Balaban J connectivity index is 1.88. The van der Waals surface area contributed by atoms with Crippen molar-refractivity contribution < 1.29 is 23.1 Å². The van der Waals surface area contributed by atoms with Crippen molar-refractivity contribution in [3.63, 3.8) is 0 Å². The van der Waals surface area contributed by atoms with Crippen LogP contribution in [0.15, 0.2) is 64.9 Å². The van der Waals surface area contributed by atoms with Gasteiger partial charge in [-0.15, -0.1) is 11.3 Å². The summed E-state index contributed by atoms with van der Waals surface area (Å²) in [4.78, 5) is 25.8. The van der Waals surface area contributed by atoms with Crippen LogP contribution in [0.5, 0.6) is 5.75 Å². The lowest BCUT2D eigenvalue weighted by Crippen LogP contribution is -2.30. The molecule has 2 amide bonds. The van der Waals surface area contributed by atoms with E-state index in [-0.39, 0.29) is 33.5 Å². The Hall–Kier alpha value is -3.21. The van der Waals surface area contributed by atoms with Crippen LogP contribution in [0.25, 0.3) is 0 Å². The average Bonchev–Trinajstić information content (AvgIpc) is 3.31. The molecule has 168 valence electrons. The molecule has 1 aromatic heterocycles. The Morgan fingerprint density at radius 3 is 2.28 bits per heavy atom. The number of hydrogen-bond acceptors (Lipinski definition) is 6. The fourth-order valence-corrected chi connectivity index (χ4v) is 5.16. The first-order valence-electron chi connectivity index (χ1n) is 9.86. The number of rotatable bonds is 8. The maximum Gasteiger partial charge on any atom is 0.265 e. The summed E-state index contributed by atoms with van der Waals surface area (Å²) in [7, 11) is -3.77. The van der Waals surface area contributed by atoms with Gasteiger partial charge in [0, 0.05) is 13.1 Å². The third kappa shape index (κ3) is 4.98. The topological polar surface area (TPSA) is 116 Å². The number of sulfonamides is 1. The summed E-state index contributed by atoms with van der Waals surface area (Å²) in [6, 6.07) is 13.6. The Labute approximate surface area is 190 Å². The zero-order valence-electron chi connectivity index (χ0n) is 17.5. The van der Waals surface area contributed by atoms with Crippen molar-refractivity contribution in [2.45, 2.75) is 18.7 Å². The minimum Gasteiger partial charge on any atom is -0.506 e. The van der Waals surface area contributed by atoms with E-state index in [1.807, 2.05) is 0 Å². The number of amides is 2. The van der Waals surface area contributed by atoms with Gasteiger partial charge in [0.15, 0.2) is 0 Å². The fourth-order valence-electron chi connectivity index (χ4n) is 3.06. The number of nitrogens with zero attached hydrogens (tertiary/aromatic N) is 1. The van der Waals surface area contributed by atoms with Gasteiger partial charge in [0.25, 0.3) is 11.8 Å². The van der Waals surface area contributed by atoms with Crippen LogP contribution in [-0.4, -0.2) is 42.7 Å². The lowest BCUT2D eigenvalue weighted by Gasteiger charge is -2.19. The van der Waals surface area contributed by atoms with Crippen molar-refractivity contribution in [1.82, 2.24) is 4.31 Å². The molecule has 10 heteroatoms. The van der Waals surface area contributed by atoms with E-state index in [0.29, 0.717) is 18.0 Å². The van der Waals surface area contributed by atoms with Gasteiger partial charge >= 0.3 is 0 Å². The molecule has 0 aliphatic carbocycles. The summed E-state index contributed by atoms with van der Waals surface area (Å²) in [5.41, 5.74) is 0.395. The smallest absolute Gasteiger partial charge is 0.265 e. The normalized spacial score (nSPS) is 11.3. The largest absolute Gasteiger partial charge is 0.506 e. The fraction of sp³-hybridized carbons (Fsp3) is 0.182. The molecule has 0 unspecified atom stereocenters. The Morgan fingerprint density at radius 2 is 1.62 bits per heavy atom. The third-order valence-corrected chi connectivity index (χ3v) is 7.64. The van der Waals surface area contributed by atoms with Gasteiger partial charge in [-0.1, -0.05) is 32.0 Å². The number of aromatic hydroxyl groups is 1. The quantitative estimate of drug-likeness (QED) is 0.428. The van der Waals surface area contributed by atoms with Crippen LogP contribution >= 0.6 is 11.3 Å². The molecule has 2 aromatic carbocycles.